The van der Waals surface area contributed by atoms with Gasteiger partial charge in [-0.1, -0.05) is 51.4 Å². The summed E-state index contributed by atoms with van der Waals surface area (Å²) in [6.45, 7) is 11.3. The van der Waals surface area contributed by atoms with Gasteiger partial charge in [0.2, 0.25) is 0 Å². The van der Waals surface area contributed by atoms with E-state index in [0.717, 1.165) is 24.0 Å². The lowest BCUT2D eigenvalue weighted by atomic mass is 9.52. The Morgan fingerprint density at radius 1 is 1.32 bits per heavy atom. The van der Waals surface area contributed by atoms with Crippen molar-refractivity contribution in [3.05, 3.63) is 34.9 Å². The van der Waals surface area contributed by atoms with E-state index in [4.69, 9.17) is 11.6 Å². The summed E-state index contributed by atoms with van der Waals surface area (Å²) >= 11 is 6.17. The van der Waals surface area contributed by atoms with Crippen molar-refractivity contribution in [3.8, 4) is 0 Å². The van der Waals surface area contributed by atoms with Crippen molar-refractivity contribution in [2.45, 2.75) is 46.0 Å². The van der Waals surface area contributed by atoms with Gasteiger partial charge in [-0.15, -0.1) is 0 Å². The summed E-state index contributed by atoms with van der Waals surface area (Å²) in [5.74, 6) is 0.810. The Balaban J connectivity index is 2.19. The summed E-state index contributed by atoms with van der Waals surface area (Å²) < 4.78 is 0. The Labute approximate surface area is 122 Å². The molecule has 0 atom stereocenters. The highest BCUT2D eigenvalue weighted by Gasteiger charge is 2.48. The molecule has 0 saturated heterocycles. The van der Waals surface area contributed by atoms with Gasteiger partial charge in [0.25, 0.3) is 0 Å². The third kappa shape index (κ3) is 3.14. The minimum atomic E-state index is 0.291. The van der Waals surface area contributed by atoms with Crippen LogP contribution in [0.4, 0.5) is 0 Å². The Morgan fingerprint density at radius 2 is 2.00 bits per heavy atom. The minimum absolute atomic E-state index is 0.291. The first-order chi connectivity index (χ1) is 8.87. The van der Waals surface area contributed by atoms with Crippen LogP contribution in [0.25, 0.3) is 0 Å². The molecule has 0 aliphatic heterocycles. The van der Waals surface area contributed by atoms with Gasteiger partial charge in [0.15, 0.2) is 0 Å². The normalized spacial score (nSPS) is 27.1. The molecule has 0 heterocycles. The molecule has 0 radical (unpaired) electrons. The van der Waals surface area contributed by atoms with Gasteiger partial charge in [0.05, 0.1) is 0 Å². The second kappa shape index (κ2) is 5.46. The topological polar surface area (TPSA) is 12.0 Å². The van der Waals surface area contributed by atoms with Crippen molar-refractivity contribution in [1.29, 1.82) is 0 Å². The predicted octanol–water partition coefficient (Wildman–Crippen LogP) is 4.64. The molecular formula is C17H26ClN. The number of benzene rings is 1. The summed E-state index contributed by atoms with van der Waals surface area (Å²) in [5.41, 5.74) is 2.11. The monoisotopic (exact) mass is 279 g/mol. The van der Waals surface area contributed by atoms with Gasteiger partial charge in [-0.2, -0.15) is 0 Å². The number of halogens is 1. The molecular weight excluding hydrogens is 254 g/mol. The molecule has 0 unspecified atom stereocenters. The maximum absolute atomic E-state index is 6.17. The van der Waals surface area contributed by atoms with E-state index in [9.17, 15) is 0 Å². The molecule has 1 aromatic carbocycles. The van der Waals surface area contributed by atoms with Crippen LogP contribution in [-0.4, -0.2) is 13.1 Å². The molecule has 1 N–H and O–H groups in total. The van der Waals surface area contributed by atoms with Gasteiger partial charge in [-0.3, -0.25) is 0 Å². The van der Waals surface area contributed by atoms with Crippen molar-refractivity contribution < 1.29 is 0 Å². The lowest BCUT2D eigenvalue weighted by molar-refractivity contribution is 0.0452. The fraction of sp³-hybridized carbons (Fsp3) is 0.647. The predicted molar refractivity (Wildman–Crippen MR) is 83.9 cm³/mol. The minimum Gasteiger partial charge on any atom is -0.316 e. The second-order valence-corrected chi connectivity index (χ2v) is 7.48. The summed E-state index contributed by atoms with van der Waals surface area (Å²) in [6.07, 6.45) is 2.54. The van der Waals surface area contributed by atoms with Crippen molar-refractivity contribution in [1.82, 2.24) is 5.32 Å². The lowest BCUT2D eigenvalue weighted by Crippen LogP contribution is -2.52. The van der Waals surface area contributed by atoms with E-state index in [-0.39, 0.29) is 0 Å². The quantitative estimate of drug-likeness (QED) is 0.846. The van der Waals surface area contributed by atoms with E-state index >= 15 is 0 Å². The number of hydrogen-bond donors (Lipinski definition) is 1. The molecule has 1 fully saturated rings. The third-order valence-corrected chi connectivity index (χ3v) is 4.88. The first-order valence-corrected chi connectivity index (χ1v) is 7.72. The Hall–Kier alpha value is -0.530. The molecule has 2 heteroatoms. The van der Waals surface area contributed by atoms with E-state index in [2.05, 4.69) is 51.2 Å². The zero-order valence-electron chi connectivity index (χ0n) is 12.6. The fourth-order valence-corrected chi connectivity index (χ4v) is 3.35. The Morgan fingerprint density at radius 3 is 2.53 bits per heavy atom. The largest absolute Gasteiger partial charge is 0.316 e. The molecule has 1 aliphatic rings. The highest BCUT2D eigenvalue weighted by molar-refractivity contribution is 6.30. The fourth-order valence-electron chi connectivity index (χ4n) is 3.16. The maximum atomic E-state index is 6.17. The molecule has 0 amide bonds. The molecule has 0 aromatic heterocycles. The van der Waals surface area contributed by atoms with Gasteiger partial charge >= 0.3 is 0 Å². The Bertz CT molecular complexity index is 427. The number of nitrogens with one attached hydrogen (secondary N) is 1. The zero-order chi connectivity index (χ0) is 14.1. The highest BCUT2D eigenvalue weighted by Crippen LogP contribution is 2.54. The molecule has 0 bridgehead atoms. The molecule has 1 aromatic rings. The maximum Gasteiger partial charge on any atom is 0.0408 e. The number of rotatable bonds is 4. The van der Waals surface area contributed by atoms with Crippen LogP contribution in [-0.2, 0) is 5.41 Å². The van der Waals surface area contributed by atoms with E-state index in [1.54, 1.807) is 0 Å². The van der Waals surface area contributed by atoms with Gasteiger partial charge in [-0.05, 0) is 48.4 Å². The summed E-state index contributed by atoms with van der Waals surface area (Å²) in [5, 5.41) is 4.39. The SMILES string of the molecule is CCNCC1(c2cccc(Cl)c2)CC(C(C)(C)C)C1. The van der Waals surface area contributed by atoms with Crippen molar-refractivity contribution >= 4 is 11.6 Å². The molecule has 106 valence electrons. The van der Waals surface area contributed by atoms with Gasteiger partial charge in [0, 0.05) is 17.0 Å². The molecule has 2 rings (SSSR count). The van der Waals surface area contributed by atoms with Gasteiger partial charge < -0.3 is 5.32 Å². The van der Waals surface area contributed by atoms with Crippen LogP contribution in [0.15, 0.2) is 24.3 Å². The van der Waals surface area contributed by atoms with E-state index in [1.165, 1.54) is 18.4 Å². The molecule has 1 saturated carbocycles. The third-order valence-electron chi connectivity index (χ3n) is 4.65. The van der Waals surface area contributed by atoms with Gasteiger partial charge in [-0.25, -0.2) is 0 Å². The summed E-state index contributed by atoms with van der Waals surface area (Å²) in [7, 11) is 0. The van der Waals surface area contributed by atoms with Crippen LogP contribution >= 0.6 is 11.6 Å². The van der Waals surface area contributed by atoms with Crippen LogP contribution in [0.3, 0.4) is 0 Å². The standard InChI is InChI=1S/C17H26ClN/c1-5-19-12-17(10-14(11-17)16(2,3)4)13-7-6-8-15(18)9-13/h6-9,14,19H,5,10-12H2,1-4H3. The van der Waals surface area contributed by atoms with Crippen LogP contribution in [0.1, 0.15) is 46.1 Å². The van der Waals surface area contributed by atoms with E-state index in [1.807, 2.05) is 6.07 Å². The zero-order valence-corrected chi connectivity index (χ0v) is 13.3. The molecule has 1 nitrogen and oxygen atoms in total. The van der Waals surface area contributed by atoms with Crippen LogP contribution < -0.4 is 5.32 Å². The van der Waals surface area contributed by atoms with Crippen LogP contribution in [0.5, 0.6) is 0 Å². The molecule has 0 spiro atoms. The highest BCUT2D eigenvalue weighted by atomic mass is 35.5. The van der Waals surface area contributed by atoms with Crippen LogP contribution in [0, 0.1) is 11.3 Å². The second-order valence-electron chi connectivity index (χ2n) is 7.04. The average Bonchev–Trinajstić information content (AvgIpc) is 2.26. The molecule has 1 aliphatic carbocycles. The van der Waals surface area contributed by atoms with Crippen LogP contribution in [0.2, 0.25) is 5.02 Å². The van der Waals surface area contributed by atoms with Crippen molar-refractivity contribution in [2.75, 3.05) is 13.1 Å². The molecule has 19 heavy (non-hydrogen) atoms. The first kappa shape index (κ1) is 14.9. The first-order valence-electron chi connectivity index (χ1n) is 7.34. The summed E-state index contributed by atoms with van der Waals surface area (Å²) in [4.78, 5) is 0. The number of likely N-dealkylation sites (N-methyl/N-ethyl adjacent to an activating group) is 1. The van der Waals surface area contributed by atoms with Gasteiger partial charge in [0.1, 0.15) is 0 Å². The summed E-state index contributed by atoms with van der Waals surface area (Å²) in [6, 6.07) is 8.43. The van der Waals surface area contributed by atoms with Crippen molar-refractivity contribution in [3.63, 3.8) is 0 Å². The van der Waals surface area contributed by atoms with E-state index in [0.29, 0.717) is 10.8 Å². The average molecular weight is 280 g/mol. The smallest absolute Gasteiger partial charge is 0.0408 e. The van der Waals surface area contributed by atoms with E-state index < -0.39 is 0 Å². The Kier molecular flexibility index (Phi) is 4.27. The van der Waals surface area contributed by atoms with Crippen molar-refractivity contribution in [2.24, 2.45) is 11.3 Å². The lowest BCUT2D eigenvalue weighted by Gasteiger charge is -2.53. The number of hydrogen-bond acceptors (Lipinski definition) is 1.